The number of Topliss-reactive ketones (excluding diaryl/α,β-unsaturated/α-hetero) is 1. The summed E-state index contributed by atoms with van der Waals surface area (Å²) in [5.41, 5.74) is 0.445. The van der Waals surface area contributed by atoms with Crippen molar-refractivity contribution in [1.29, 1.82) is 0 Å². The van der Waals surface area contributed by atoms with E-state index in [2.05, 4.69) is 39.8 Å². The molecule has 0 aromatic rings. The lowest BCUT2D eigenvalue weighted by Crippen LogP contribution is -2.58. The Morgan fingerprint density at radius 1 is 1.33 bits per heavy atom. The first kappa shape index (κ1) is 25.7. The van der Waals surface area contributed by atoms with Gasteiger partial charge in [0.25, 0.3) is 0 Å². The molecule has 0 aromatic carbocycles. The van der Waals surface area contributed by atoms with Gasteiger partial charge in [0, 0.05) is 24.8 Å². The number of fused-ring (bicyclic) bond motifs is 1. The number of ether oxygens (including phenoxy) is 1. The van der Waals surface area contributed by atoms with Crippen molar-refractivity contribution < 1.29 is 24.2 Å². The molecule has 2 aliphatic carbocycles. The number of hydrogen-bond donors (Lipinski definition) is 1. The molecule has 8 atom stereocenters. The van der Waals surface area contributed by atoms with Crippen LogP contribution < -0.4 is 0 Å². The lowest BCUT2D eigenvalue weighted by atomic mass is 9.45. The molecule has 1 amide bonds. The standard InChI is InChI=1S/C27H41NO5/c1-8-9-18-17(3)15-26(4)14-16(2)10-12-20(26)27(18,5)24(31)22-23(30)19(28(6)25(22)32)11-13-21(29)33-7/h8-9,15-16,18-20,22,24,31H,10-14H2,1-7H3/b9-8+. The van der Waals surface area contributed by atoms with Crippen LogP contribution in [0.5, 0.6) is 0 Å². The largest absolute Gasteiger partial charge is 0.469 e. The van der Waals surface area contributed by atoms with E-state index in [0.29, 0.717) is 5.92 Å². The Kier molecular flexibility index (Phi) is 7.28. The molecule has 2 fully saturated rings. The van der Waals surface area contributed by atoms with Gasteiger partial charge in [-0.05, 0) is 50.4 Å². The smallest absolute Gasteiger partial charge is 0.305 e. The fourth-order valence-electron chi connectivity index (χ4n) is 7.45. The summed E-state index contributed by atoms with van der Waals surface area (Å²) >= 11 is 0. The zero-order chi connectivity index (χ0) is 24.7. The molecular weight excluding hydrogens is 418 g/mol. The zero-order valence-corrected chi connectivity index (χ0v) is 21.3. The zero-order valence-electron chi connectivity index (χ0n) is 21.3. The van der Waals surface area contributed by atoms with Gasteiger partial charge in [0.2, 0.25) is 5.91 Å². The maximum atomic E-state index is 13.5. The molecular formula is C27H41NO5. The molecule has 1 saturated carbocycles. The van der Waals surface area contributed by atoms with Crippen LogP contribution in [0.1, 0.15) is 66.7 Å². The van der Waals surface area contributed by atoms with Gasteiger partial charge in [0.15, 0.2) is 5.78 Å². The summed E-state index contributed by atoms with van der Waals surface area (Å²) < 4.78 is 4.71. The van der Waals surface area contributed by atoms with Crippen LogP contribution in [0.2, 0.25) is 0 Å². The van der Waals surface area contributed by atoms with Crippen LogP contribution in [0.4, 0.5) is 0 Å². The second-order valence-corrected chi connectivity index (χ2v) is 11.1. The van der Waals surface area contributed by atoms with E-state index in [-0.39, 0.29) is 41.8 Å². The van der Waals surface area contributed by atoms with Gasteiger partial charge in [-0.2, -0.15) is 0 Å². The predicted octanol–water partition coefficient (Wildman–Crippen LogP) is 3.93. The molecule has 184 valence electrons. The molecule has 6 heteroatoms. The minimum absolute atomic E-state index is 0.0518. The minimum Gasteiger partial charge on any atom is -0.469 e. The van der Waals surface area contributed by atoms with Crippen molar-refractivity contribution in [1.82, 2.24) is 4.90 Å². The van der Waals surface area contributed by atoms with Gasteiger partial charge in [-0.3, -0.25) is 14.4 Å². The summed E-state index contributed by atoms with van der Waals surface area (Å²) in [4.78, 5) is 39.9. The van der Waals surface area contributed by atoms with Gasteiger partial charge in [0.05, 0.1) is 19.3 Å². The third-order valence-electron chi connectivity index (χ3n) is 8.91. The molecule has 3 rings (SSSR count). The van der Waals surface area contributed by atoms with Crippen molar-refractivity contribution >= 4 is 17.7 Å². The molecule has 1 N–H and O–H groups in total. The number of esters is 1. The third-order valence-corrected chi connectivity index (χ3v) is 8.91. The molecule has 1 saturated heterocycles. The van der Waals surface area contributed by atoms with Gasteiger partial charge in [-0.1, -0.05) is 51.0 Å². The molecule has 0 radical (unpaired) electrons. The highest BCUT2D eigenvalue weighted by Gasteiger charge is 2.62. The first-order chi connectivity index (χ1) is 15.4. The number of allylic oxidation sites excluding steroid dienone is 4. The van der Waals surface area contributed by atoms with E-state index in [0.717, 1.165) is 19.3 Å². The first-order valence-corrected chi connectivity index (χ1v) is 12.3. The summed E-state index contributed by atoms with van der Waals surface area (Å²) in [5.74, 6) is -1.44. The average molecular weight is 460 g/mol. The van der Waals surface area contributed by atoms with Gasteiger partial charge in [-0.25, -0.2) is 0 Å². The quantitative estimate of drug-likeness (QED) is 0.370. The Labute approximate surface area is 198 Å². The number of carbonyl (C=O) groups is 3. The number of amides is 1. The highest BCUT2D eigenvalue weighted by Crippen LogP contribution is 2.62. The van der Waals surface area contributed by atoms with Gasteiger partial charge < -0.3 is 14.7 Å². The molecule has 8 unspecified atom stereocenters. The number of carbonyl (C=O) groups excluding carboxylic acids is 3. The number of likely N-dealkylation sites (tertiary alicyclic amines) is 1. The molecule has 0 spiro atoms. The highest BCUT2D eigenvalue weighted by molar-refractivity contribution is 6.11. The predicted molar refractivity (Wildman–Crippen MR) is 127 cm³/mol. The van der Waals surface area contributed by atoms with Crippen LogP contribution in [-0.4, -0.2) is 54.0 Å². The normalized spacial score (nSPS) is 40.1. The molecule has 3 aliphatic rings. The van der Waals surface area contributed by atoms with Gasteiger partial charge >= 0.3 is 5.97 Å². The maximum absolute atomic E-state index is 13.5. The Morgan fingerprint density at radius 2 is 2.00 bits per heavy atom. The third kappa shape index (κ3) is 4.20. The van der Waals surface area contributed by atoms with Crippen molar-refractivity contribution in [3.05, 3.63) is 23.8 Å². The van der Waals surface area contributed by atoms with Crippen molar-refractivity contribution in [3.8, 4) is 0 Å². The van der Waals surface area contributed by atoms with E-state index in [1.165, 1.54) is 17.6 Å². The monoisotopic (exact) mass is 459 g/mol. The minimum atomic E-state index is -1.11. The maximum Gasteiger partial charge on any atom is 0.305 e. The number of likely N-dealkylation sites (N-methyl/N-ethyl adjacent to an activating group) is 1. The number of ketones is 1. The number of hydrogen-bond acceptors (Lipinski definition) is 5. The molecule has 1 heterocycles. The van der Waals surface area contributed by atoms with Crippen molar-refractivity contribution in [3.63, 3.8) is 0 Å². The fourth-order valence-corrected chi connectivity index (χ4v) is 7.45. The van der Waals surface area contributed by atoms with E-state index in [1.54, 1.807) is 7.05 Å². The van der Waals surface area contributed by atoms with E-state index < -0.39 is 29.4 Å². The highest BCUT2D eigenvalue weighted by atomic mass is 16.5. The Balaban J connectivity index is 2.01. The average Bonchev–Trinajstić information content (AvgIpc) is 2.96. The number of rotatable bonds is 6. The van der Waals surface area contributed by atoms with Crippen LogP contribution in [0.25, 0.3) is 0 Å². The summed E-state index contributed by atoms with van der Waals surface area (Å²) in [6.07, 6.45) is 8.75. The van der Waals surface area contributed by atoms with E-state index in [1.807, 2.05) is 13.0 Å². The SMILES string of the molecule is C/C=C/C1C(C)=CC2(C)CC(C)CCC2C1(C)C(O)C1C(=O)C(CCC(=O)OC)N(C)C1=O. The van der Waals surface area contributed by atoms with Crippen LogP contribution in [0.15, 0.2) is 23.8 Å². The fraction of sp³-hybridized carbons (Fsp3) is 0.741. The van der Waals surface area contributed by atoms with Crippen molar-refractivity contribution in [2.45, 2.75) is 78.9 Å². The first-order valence-electron chi connectivity index (χ1n) is 12.3. The van der Waals surface area contributed by atoms with Crippen molar-refractivity contribution in [2.24, 2.45) is 34.5 Å². The number of methoxy groups -OCH3 is 1. The van der Waals surface area contributed by atoms with Crippen LogP contribution >= 0.6 is 0 Å². The molecule has 0 aromatic heterocycles. The molecule has 33 heavy (non-hydrogen) atoms. The lowest BCUT2D eigenvalue weighted by Gasteiger charge is -2.59. The molecule has 0 bridgehead atoms. The number of aliphatic hydroxyl groups excluding tert-OH is 1. The number of nitrogens with zero attached hydrogens (tertiary/aromatic N) is 1. The summed E-state index contributed by atoms with van der Waals surface area (Å²) in [7, 11) is 2.91. The Bertz CT molecular complexity index is 863. The van der Waals surface area contributed by atoms with Crippen LogP contribution in [0.3, 0.4) is 0 Å². The second kappa shape index (κ2) is 9.36. The van der Waals surface area contributed by atoms with E-state index in [4.69, 9.17) is 4.74 Å². The summed E-state index contributed by atoms with van der Waals surface area (Å²) in [5, 5.41) is 11.9. The van der Waals surface area contributed by atoms with Crippen LogP contribution in [-0.2, 0) is 19.1 Å². The summed E-state index contributed by atoms with van der Waals surface area (Å²) in [6.45, 7) is 10.7. The van der Waals surface area contributed by atoms with Gasteiger partial charge in [0.1, 0.15) is 5.92 Å². The van der Waals surface area contributed by atoms with Gasteiger partial charge in [-0.15, -0.1) is 0 Å². The summed E-state index contributed by atoms with van der Waals surface area (Å²) in [6, 6.07) is -0.710. The Hall–Kier alpha value is -1.95. The van der Waals surface area contributed by atoms with E-state index >= 15 is 0 Å². The second-order valence-electron chi connectivity index (χ2n) is 11.1. The Morgan fingerprint density at radius 3 is 2.61 bits per heavy atom. The topological polar surface area (TPSA) is 83.9 Å². The number of aliphatic hydroxyl groups is 1. The molecule has 1 aliphatic heterocycles. The van der Waals surface area contributed by atoms with E-state index in [9.17, 15) is 19.5 Å². The molecule has 6 nitrogen and oxygen atoms in total. The van der Waals surface area contributed by atoms with Crippen LogP contribution in [0, 0.1) is 34.5 Å². The lowest BCUT2D eigenvalue weighted by molar-refractivity contribution is -0.151. The van der Waals surface area contributed by atoms with Crippen molar-refractivity contribution in [2.75, 3.05) is 14.2 Å².